The second-order valence-electron chi connectivity index (χ2n) is 7.54. The van der Waals surface area contributed by atoms with E-state index in [0.29, 0.717) is 25.4 Å². The summed E-state index contributed by atoms with van der Waals surface area (Å²) in [6.45, 7) is 4.90. The predicted octanol–water partition coefficient (Wildman–Crippen LogP) is 5.55. The Morgan fingerprint density at radius 2 is 1.69 bits per heavy atom. The highest BCUT2D eigenvalue weighted by Crippen LogP contribution is 2.39. The van der Waals surface area contributed by atoms with Crippen molar-refractivity contribution in [2.24, 2.45) is 4.99 Å². The van der Waals surface area contributed by atoms with Gasteiger partial charge in [-0.2, -0.15) is 0 Å². The highest BCUT2D eigenvalue weighted by atomic mass is 19.1. The van der Waals surface area contributed by atoms with Crippen LogP contribution < -0.4 is 14.8 Å². The minimum absolute atomic E-state index is 0.123. The van der Waals surface area contributed by atoms with Crippen molar-refractivity contribution >= 4 is 5.71 Å². The molecule has 6 heteroatoms. The molecular formula is C26H27FN2O3. The number of phenolic OH excluding ortho intramolecular Hbond substituents is 1. The third-order valence-electron chi connectivity index (χ3n) is 5.43. The smallest absolute Gasteiger partial charge is 0.162 e. The molecule has 1 heterocycles. The Morgan fingerprint density at radius 1 is 0.969 bits per heavy atom. The highest BCUT2D eigenvalue weighted by Gasteiger charge is 2.28. The van der Waals surface area contributed by atoms with Crippen LogP contribution in [-0.4, -0.2) is 24.0 Å². The molecule has 0 spiro atoms. The van der Waals surface area contributed by atoms with E-state index in [0.717, 1.165) is 28.2 Å². The molecule has 0 saturated carbocycles. The molecular weight excluding hydrogens is 407 g/mol. The molecule has 0 aromatic heterocycles. The van der Waals surface area contributed by atoms with E-state index in [4.69, 9.17) is 14.5 Å². The molecule has 2 N–H and O–H groups in total. The summed E-state index contributed by atoms with van der Waals surface area (Å²) in [7, 11) is 0. The lowest BCUT2D eigenvalue weighted by Gasteiger charge is -2.31. The van der Waals surface area contributed by atoms with Crippen LogP contribution in [0.3, 0.4) is 0 Å². The van der Waals surface area contributed by atoms with Gasteiger partial charge < -0.3 is 14.6 Å². The zero-order valence-corrected chi connectivity index (χ0v) is 18.2. The van der Waals surface area contributed by atoms with Crippen molar-refractivity contribution in [3.63, 3.8) is 0 Å². The molecule has 4 rings (SSSR count). The van der Waals surface area contributed by atoms with E-state index in [1.165, 1.54) is 12.1 Å². The normalized spacial score (nSPS) is 18.2. The number of halogens is 1. The monoisotopic (exact) mass is 434 g/mol. The second kappa shape index (κ2) is 9.83. The lowest BCUT2D eigenvalue weighted by Crippen LogP contribution is -2.33. The third-order valence-corrected chi connectivity index (χ3v) is 5.43. The first-order chi connectivity index (χ1) is 15.6. The van der Waals surface area contributed by atoms with Gasteiger partial charge in [-0.3, -0.25) is 10.3 Å². The number of nitrogens with zero attached hydrogens (tertiary/aromatic N) is 1. The third kappa shape index (κ3) is 4.75. The molecule has 166 valence electrons. The minimum Gasteiger partial charge on any atom is -0.504 e. The molecule has 1 aliphatic rings. The molecule has 3 aromatic carbocycles. The molecule has 3 aromatic rings. The summed E-state index contributed by atoms with van der Waals surface area (Å²) in [5, 5.41) is 14.3. The van der Waals surface area contributed by atoms with Gasteiger partial charge in [0.25, 0.3) is 0 Å². The van der Waals surface area contributed by atoms with Gasteiger partial charge in [0, 0.05) is 23.7 Å². The quantitative estimate of drug-likeness (QED) is 0.512. The molecule has 32 heavy (non-hydrogen) atoms. The maximum Gasteiger partial charge on any atom is 0.162 e. The van der Waals surface area contributed by atoms with E-state index in [2.05, 4.69) is 5.32 Å². The number of para-hydroxylation sites is 1. The highest BCUT2D eigenvalue weighted by molar-refractivity contribution is 6.01. The van der Waals surface area contributed by atoms with Gasteiger partial charge >= 0.3 is 0 Å². The largest absolute Gasteiger partial charge is 0.504 e. The van der Waals surface area contributed by atoms with Crippen LogP contribution in [0, 0.1) is 5.82 Å². The zero-order valence-electron chi connectivity index (χ0n) is 18.2. The van der Waals surface area contributed by atoms with Crippen LogP contribution in [0.4, 0.5) is 4.39 Å². The zero-order chi connectivity index (χ0) is 22.5. The van der Waals surface area contributed by atoms with Crippen molar-refractivity contribution in [3.05, 3.63) is 89.2 Å². The lowest BCUT2D eigenvalue weighted by atomic mass is 9.93. The van der Waals surface area contributed by atoms with Gasteiger partial charge in [0.2, 0.25) is 0 Å². The number of rotatable bonds is 7. The molecule has 0 saturated heterocycles. The van der Waals surface area contributed by atoms with Crippen LogP contribution in [0.15, 0.2) is 71.7 Å². The molecule has 5 nitrogen and oxygen atoms in total. The van der Waals surface area contributed by atoms with Gasteiger partial charge in [-0.05, 0) is 67.4 Å². The average molecular weight is 435 g/mol. The summed E-state index contributed by atoms with van der Waals surface area (Å²) in [5.74, 6) is 1.09. The summed E-state index contributed by atoms with van der Waals surface area (Å²) >= 11 is 0. The van der Waals surface area contributed by atoms with Gasteiger partial charge in [0.1, 0.15) is 17.7 Å². The summed E-state index contributed by atoms with van der Waals surface area (Å²) in [4.78, 5) is 4.92. The summed E-state index contributed by atoms with van der Waals surface area (Å²) < 4.78 is 24.6. The number of hydrogen-bond donors (Lipinski definition) is 2. The van der Waals surface area contributed by atoms with Crippen molar-refractivity contribution in [3.8, 4) is 17.2 Å². The predicted molar refractivity (Wildman–Crippen MR) is 123 cm³/mol. The average Bonchev–Trinajstić information content (AvgIpc) is 2.81. The number of aliphatic imine (C=N–C) groups is 1. The van der Waals surface area contributed by atoms with Crippen LogP contribution in [0.1, 0.15) is 49.2 Å². The van der Waals surface area contributed by atoms with E-state index in [9.17, 15) is 9.50 Å². The fraction of sp³-hybridized carbons (Fsp3) is 0.269. The molecule has 0 aliphatic carbocycles. The van der Waals surface area contributed by atoms with E-state index in [1.807, 2.05) is 50.2 Å². The first kappa shape index (κ1) is 21.8. The molecule has 0 amide bonds. The van der Waals surface area contributed by atoms with Crippen LogP contribution in [-0.2, 0) is 0 Å². The van der Waals surface area contributed by atoms with Crippen LogP contribution in [0.2, 0.25) is 0 Å². The van der Waals surface area contributed by atoms with Crippen LogP contribution in [0.25, 0.3) is 0 Å². The molecule has 2 unspecified atom stereocenters. The Balaban J connectivity index is 1.71. The SMILES string of the molecule is CCOc1ccc(C2=NC(c3ccc(F)cc3)NC(c3cccc(OCC)c3O)C2)cc1. The Hall–Kier alpha value is -3.38. The van der Waals surface area contributed by atoms with Crippen LogP contribution in [0.5, 0.6) is 17.2 Å². The molecule has 2 atom stereocenters. The van der Waals surface area contributed by atoms with Crippen molar-refractivity contribution < 1.29 is 19.0 Å². The van der Waals surface area contributed by atoms with E-state index in [1.54, 1.807) is 18.2 Å². The minimum atomic E-state index is -0.383. The Bertz CT molecular complexity index is 1080. The van der Waals surface area contributed by atoms with Gasteiger partial charge in [-0.25, -0.2) is 4.39 Å². The number of hydrogen-bond acceptors (Lipinski definition) is 5. The molecule has 0 fully saturated rings. The van der Waals surface area contributed by atoms with Crippen molar-refractivity contribution in [2.75, 3.05) is 13.2 Å². The fourth-order valence-electron chi connectivity index (χ4n) is 3.90. The Kier molecular flexibility index (Phi) is 6.71. The molecule has 1 aliphatic heterocycles. The van der Waals surface area contributed by atoms with Gasteiger partial charge in [0.15, 0.2) is 11.5 Å². The number of nitrogens with one attached hydrogen (secondary N) is 1. The van der Waals surface area contributed by atoms with Gasteiger partial charge in [-0.1, -0.05) is 24.3 Å². The summed E-state index contributed by atoms with van der Waals surface area (Å²) in [6.07, 6.45) is 0.195. The van der Waals surface area contributed by atoms with E-state index in [-0.39, 0.29) is 23.8 Å². The Morgan fingerprint density at radius 3 is 2.38 bits per heavy atom. The van der Waals surface area contributed by atoms with Crippen molar-refractivity contribution in [1.82, 2.24) is 5.32 Å². The standard InChI is InChI=1S/C26H27FN2O3/c1-3-31-20-14-10-17(11-15-20)22-16-23(21-6-5-7-24(25(21)30)32-4-2)29-26(28-22)18-8-12-19(27)13-9-18/h5-15,23,26,29-30H,3-4,16H2,1-2H3. The summed E-state index contributed by atoms with van der Waals surface area (Å²) in [6, 6.07) is 19.5. The van der Waals surface area contributed by atoms with Crippen molar-refractivity contribution in [2.45, 2.75) is 32.5 Å². The first-order valence-electron chi connectivity index (χ1n) is 10.8. The molecule has 0 radical (unpaired) electrons. The summed E-state index contributed by atoms with van der Waals surface area (Å²) in [5.41, 5.74) is 3.46. The number of benzene rings is 3. The van der Waals surface area contributed by atoms with Crippen molar-refractivity contribution in [1.29, 1.82) is 0 Å². The topological polar surface area (TPSA) is 63.1 Å². The van der Waals surface area contributed by atoms with Gasteiger partial charge in [0.05, 0.1) is 13.2 Å². The maximum absolute atomic E-state index is 13.5. The molecule has 0 bridgehead atoms. The first-order valence-corrected chi connectivity index (χ1v) is 10.8. The lowest BCUT2D eigenvalue weighted by molar-refractivity contribution is 0.313. The van der Waals surface area contributed by atoms with Crippen LogP contribution >= 0.6 is 0 Å². The number of ether oxygens (including phenoxy) is 2. The van der Waals surface area contributed by atoms with E-state index < -0.39 is 0 Å². The Labute approximate surface area is 187 Å². The second-order valence-corrected chi connectivity index (χ2v) is 7.54. The maximum atomic E-state index is 13.5. The van der Waals surface area contributed by atoms with Gasteiger partial charge in [-0.15, -0.1) is 0 Å². The fourth-order valence-corrected chi connectivity index (χ4v) is 3.90. The van der Waals surface area contributed by atoms with E-state index >= 15 is 0 Å². The number of phenols is 1. The number of aromatic hydroxyl groups is 1.